The van der Waals surface area contributed by atoms with Crippen LogP contribution < -0.4 is 14.2 Å². The third-order valence-electron chi connectivity index (χ3n) is 6.43. The minimum atomic E-state index is -0.0813. The molecule has 4 rings (SSSR count). The highest BCUT2D eigenvalue weighted by molar-refractivity contribution is 6.30. The first kappa shape index (κ1) is 26.1. The van der Waals surface area contributed by atoms with Crippen molar-refractivity contribution in [2.45, 2.75) is 6.10 Å². The molecule has 0 saturated carbocycles. The van der Waals surface area contributed by atoms with Crippen LogP contribution in [0.4, 0.5) is 0 Å². The van der Waals surface area contributed by atoms with E-state index in [4.69, 9.17) is 30.5 Å². The quantitative estimate of drug-likeness (QED) is 0.532. The minimum Gasteiger partial charge on any atom is -0.497 e. The number of hydrogen-bond donors (Lipinski definition) is 0. The van der Waals surface area contributed by atoms with Crippen LogP contribution in [0, 0.1) is 0 Å². The lowest BCUT2D eigenvalue weighted by Crippen LogP contribution is -2.54. The highest BCUT2D eigenvalue weighted by atomic mass is 35.5. The first-order chi connectivity index (χ1) is 17.5. The van der Waals surface area contributed by atoms with E-state index in [0.29, 0.717) is 67.2 Å². The van der Waals surface area contributed by atoms with Crippen LogP contribution in [0.5, 0.6) is 17.2 Å². The number of rotatable bonds is 8. The molecule has 1 atom stereocenters. The van der Waals surface area contributed by atoms with Crippen LogP contribution in [-0.4, -0.2) is 106 Å². The molecule has 0 spiro atoms. The third kappa shape index (κ3) is 6.60. The standard InChI is InChI=1S/C26H32ClN3O6/c1-33-21-7-8-23(24(15-21)34-2)26(32)29-11-9-28(10-12-29)16-22-17-30(13-14-35-22)25(31)18-36-20-5-3-19(27)4-6-20/h3-8,15,22H,9-14,16-18H2,1-2H3. The summed E-state index contributed by atoms with van der Waals surface area (Å²) < 4.78 is 22.2. The van der Waals surface area contributed by atoms with Crippen molar-refractivity contribution in [3.63, 3.8) is 0 Å². The molecule has 2 fully saturated rings. The molecule has 2 aliphatic rings. The fourth-order valence-electron chi connectivity index (χ4n) is 4.39. The molecule has 0 aromatic heterocycles. The maximum absolute atomic E-state index is 13.1. The summed E-state index contributed by atoms with van der Waals surface area (Å²) in [6.07, 6.45) is -0.0813. The van der Waals surface area contributed by atoms with Crippen molar-refractivity contribution in [2.24, 2.45) is 0 Å². The summed E-state index contributed by atoms with van der Waals surface area (Å²) in [6, 6.07) is 12.2. The van der Waals surface area contributed by atoms with E-state index in [-0.39, 0.29) is 24.5 Å². The number of piperazine rings is 1. The molecule has 1 unspecified atom stereocenters. The molecular weight excluding hydrogens is 486 g/mol. The fraction of sp³-hybridized carbons (Fsp3) is 0.462. The van der Waals surface area contributed by atoms with Crippen molar-refractivity contribution >= 4 is 23.4 Å². The van der Waals surface area contributed by atoms with Gasteiger partial charge in [0.1, 0.15) is 17.2 Å². The minimum absolute atomic E-state index is 0.0238. The molecule has 0 aliphatic carbocycles. The summed E-state index contributed by atoms with van der Waals surface area (Å²) in [5.41, 5.74) is 0.525. The van der Waals surface area contributed by atoms with Crippen molar-refractivity contribution in [1.29, 1.82) is 0 Å². The lowest BCUT2D eigenvalue weighted by atomic mass is 10.1. The molecule has 194 valence electrons. The molecule has 0 bridgehead atoms. The van der Waals surface area contributed by atoms with E-state index in [1.807, 2.05) is 4.90 Å². The summed E-state index contributed by atoms with van der Waals surface area (Å²) >= 11 is 5.89. The van der Waals surface area contributed by atoms with E-state index >= 15 is 0 Å². The van der Waals surface area contributed by atoms with Gasteiger partial charge in [-0.1, -0.05) is 11.6 Å². The Balaban J connectivity index is 1.23. The van der Waals surface area contributed by atoms with Gasteiger partial charge in [0.25, 0.3) is 11.8 Å². The highest BCUT2D eigenvalue weighted by Crippen LogP contribution is 2.26. The van der Waals surface area contributed by atoms with Gasteiger partial charge >= 0.3 is 0 Å². The highest BCUT2D eigenvalue weighted by Gasteiger charge is 2.29. The molecular formula is C26H32ClN3O6. The smallest absolute Gasteiger partial charge is 0.260 e. The predicted molar refractivity (Wildman–Crippen MR) is 135 cm³/mol. The fourth-order valence-corrected chi connectivity index (χ4v) is 4.52. The molecule has 2 saturated heterocycles. The Morgan fingerprint density at radius 3 is 2.36 bits per heavy atom. The second-order valence-corrected chi connectivity index (χ2v) is 9.17. The average molecular weight is 518 g/mol. The summed E-state index contributed by atoms with van der Waals surface area (Å²) in [5.74, 6) is 1.63. The maximum atomic E-state index is 13.1. The molecule has 2 aliphatic heterocycles. The normalized spacial score (nSPS) is 18.6. The Hall–Kier alpha value is -3.01. The van der Waals surface area contributed by atoms with Gasteiger partial charge in [0.2, 0.25) is 0 Å². The van der Waals surface area contributed by atoms with E-state index < -0.39 is 0 Å². The molecule has 9 nitrogen and oxygen atoms in total. The molecule has 0 radical (unpaired) electrons. The van der Waals surface area contributed by atoms with E-state index in [1.165, 1.54) is 0 Å². The zero-order chi connectivity index (χ0) is 25.5. The van der Waals surface area contributed by atoms with Gasteiger partial charge in [-0.05, 0) is 36.4 Å². The predicted octanol–water partition coefficient (Wildman–Crippen LogP) is 2.42. The van der Waals surface area contributed by atoms with Gasteiger partial charge in [-0.25, -0.2) is 0 Å². The Bertz CT molecular complexity index is 1040. The van der Waals surface area contributed by atoms with Crippen molar-refractivity contribution in [2.75, 3.05) is 73.2 Å². The molecule has 2 aromatic rings. The van der Waals surface area contributed by atoms with Crippen LogP contribution >= 0.6 is 11.6 Å². The number of carbonyl (C=O) groups is 2. The Morgan fingerprint density at radius 1 is 0.944 bits per heavy atom. The molecule has 10 heteroatoms. The number of carbonyl (C=O) groups excluding carboxylic acids is 2. The molecule has 2 aromatic carbocycles. The number of ether oxygens (including phenoxy) is 4. The van der Waals surface area contributed by atoms with Gasteiger partial charge < -0.3 is 28.7 Å². The second-order valence-electron chi connectivity index (χ2n) is 8.73. The summed E-state index contributed by atoms with van der Waals surface area (Å²) in [6.45, 7) is 4.93. The topological polar surface area (TPSA) is 80.8 Å². The second kappa shape index (κ2) is 12.3. The largest absolute Gasteiger partial charge is 0.497 e. The Kier molecular flexibility index (Phi) is 8.90. The van der Waals surface area contributed by atoms with Gasteiger partial charge in [0.15, 0.2) is 6.61 Å². The first-order valence-electron chi connectivity index (χ1n) is 12.0. The average Bonchev–Trinajstić information content (AvgIpc) is 2.92. The number of halogens is 1. The third-order valence-corrected chi connectivity index (χ3v) is 6.68. The van der Waals surface area contributed by atoms with Crippen molar-refractivity contribution in [1.82, 2.24) is 14.7 Å². The van der Waals surface area contributed by atoms with Gasteiger partial charge in [-0.2, -0.15) is 0 Å². The number of nitrogens with zero attached hydrogens (tertiary/aromatic N) is 3. The zero-order valence-corrected chi connectivity index (χ0v) is 21.4. The summed E-state index contributed by atoms with van der Waals surface area (Å²) in [4.78, 5) is 31.6. The number of amides is 2. The zero-order valence-electron chi connectivity index (χ0n) is 20.7. The van der Waals surface area contributed by atoms with Crippen LogP contribution in [0.2, 0.25) is 5.02 Å². The number of hydrogen-bond acceptors (Lipinski definition) is 7. The van der Waals surface area contributed by atoms with Crippen molar-refractivity contribution in [3.8, 4) is 17.2 Å². The van der Waals surface area contributed by atoms with Crippen LogP contribution in [-0.2, 0) is 9.53 Å². The van der Waals surface area contributed by atoms with Crippen molar-refractivity contribution < 1.29 is 28.5 Å². The lowest BCUT2D eigenvalue weighted by molar-refractivity contribution is -0.141. The van der Waals surface area contributed by atoms with E-state index in [0.717, 1.165) is 13.1 Å². The van der Waals surface area contributed by atoms with Crippen LogP contribution in [0.15, 0.2) is 42.5 Å². The molecule has 2 amide bonds. The lowest BCUT2D eigenvalue weighted by Gasteiger charge is -2.39. The van der Waals surface area contributed by atoms with E-state index in [2.05, 4.69) is 4.90 Å². The summed E-state index contributed by atoms with van der Waals surface area (Å²) in [7, 11) is 3.13. The maximum Gasteiger partial charge on any atom is 0.260 e. The Labute approximate surface area is 216 Å². The molecule has 0 N–H and O–H groups in total. The van der Waals surface area contributed by atoms with Gasteiger partial charge in [0.05, 0.1) is 32.5 Å². The molecule has 36 heavy (non-hydrogen) atoms. The number of morpholine rings is 1. The first-order valence-corrected chi connectivity index (χ1v) is 12.4. The number of benzene rings is 2. The van der Waals surface area contributed by atoms with Crippen LogP contribution in [0.25, 0.3) is 0 Å². The SMILES string of the molecule is COc1ccc(C(=O)N2CCN(CC3CN(C(=O)COc4ccc(Cl)cc4)CCO3)CC2)c(OC)c1. The Morgan fingerprint density at radius 2 is 1.67 bits per heavy atom. The van der Waals surface area contributed by atoms with E-state index in [9.17, 15) is 9.59 Å². The van der Waals surface area contributed by atoms with Crippen molar-refractivity contribution in [3.05, 3.63) is 53.1 Å². The monoisotopic (exact) mass is 517 g/mol. The number of methoxy groups -OCH3 is 2. The van der Waals surface area contributed by atoms with E-state index in [1.54, 1.807) is 61.6 Å². The van der Waals surface area contributed by atoms with Crippen LogP contribution in [0.3, 0.4) is 0 Å². The van der Waals surface area contributed by atoms with Gasteiger partial charge in [-0.3, -0.25) is 14.5 Å². The molecule has 2 heterocycles. The van der Waals surface area contributed by atoms with Crippen LogP contribution in [0.1, 0.15) is 10.4 Å². The van der Waals surface area contributed by atoms with Gasteiger partial charge in [0, 0.05) is 56.9 Å². The summed E-state index contributed by atoms with van der Waals surface area (Å²) in [5, 5.41) is 0.621. The van der Waals surface area contributed by atoms with Gasteiger partial charge in [-0.15, -0.1) is 0 Å².